The third kappa shape index (κ3) is 5.22. The molecule has 0 aliphatic heterocycles. The van der Waals surface area contributed by atoms with E-state index >= 15 is 0 Å². The van der Waals surface area contributed by atoms with Gasteiger partial charge >= 0.3 is 11.6 Å². The van der Waals surface area contributed by atoms with Crippen LogP contribution in [0.3, 0.4) is 0 Å². The summed E-state index contributed by atoms with van der Waals surface area (Å²) in [5.74, 6) is -0.0919. The van der Waals surface area contributed by atoms with E-state index in [4.69, 9.17) is 0 Å². The van der Waals surface area contributed by atoms with Crippen molar-refractivity contribution in [2.45, 2.75) is 69.1 Å². The van der Waals surface area contributed by atoms with E-state index in [9.17, 15) is 15.1 Å². The monoisotopic (exact) mass is 491 g/mol. The summed E-state index contributed by atoms with van der Waals surface area (Å²) in [7, 11) is 1.89. The number of aliphatic hydroxyl groups is 1. The van der Waals surface area contributed by atoms with Gasteiger partial charge in [-0.05, 0) is 82.4 Å². The van der Waals surface area contributed by atoms with Crippen molar-refractivity contribution in [2.75, 3.05) is 7.05 Å². The fraction of sp³-hybridized carbons (Fsp3) is 0.444. The molecule has 0 spiro atoms. The molecule has 2 aromatic heterocycles. The second-order valence-electron chi connectivity index (χ2n) is 10.3. The van der Waals surface area contributed by atoms with E-state index in [0.717, 1.165) is 60.2 Å². The first-order chi connectivity index (χ1) is 17.3. The van der Waals surface area contributed by atoms with Crippen molar-refractivity contribution in [3.05, 3.63) is 77.7 Å². The van der Waals surface area contributed by atoms with Crippen molar-refractivity contribution < 1.29 is 19.8 Å². The zero-order valence-corrected chi connectivity index (χ0v) is 20.8. The number of nitrogens with zero attached hydrogens (tertiary/aromatic N) is 3. The van der Waals surface area contributed by atoms with E-state index in [1.54, 1.807) is 16.9 Å². The summed E-state index contributed by atoms with van der Waals surface area (Å²) >= 11 is 0. The minimum Gasteiger partial charge on any atom is -0.390 e. The van der Waals surface area contributed by atoms with Crippen LogP contribution in [-0.2, 0) is 0 Å². The number of amides is 1. The number of likely N-dealkylation sites (N-methyl/N-ethyl adjacent to an activating group) is 1. The van der Waals surface area contributed by atoms with Gasteiger partial charge in [0.15, 0.2) is 0 Å². The largest absolute Gasteiger partial charge is 0.390 e. The molecule has 0 bridgehead atoms. The first-order valence-corrected chi connectivity index (χ1v) is 12.7. The second-order valence-corrected chi connectivity index (χ2v) is 10.3. The van der Waals surface area contributed by atoms with E-state index < -0.39 is 11.5 Å². The van der Waals surface area contributed by atoms with Crippen LogP contribution in [0.1, 0.15) is 67.5 Å². The van der Waals surface area contributed by atoms with Crippen molar-refractivity contribution in [2.24, 2.45) is 0 Å². The summed E-state index contributed by atoms with van der Waals surface area (Å²) in [6.45, 7) is 1.90. The smallest absolute Gasteiger partial charge is 0.325 e. The number of carbonyl (C=O) groups is 1. The molecule has 9 heteroatoms. The first kappa shape index (κ1) is 24.3. The lowest BCUT2D eigenvalue weighted by Crippen LogP contribution is -2.45. The number of hydrogen-bond acceptors (Lipinski definition) is 6. The van der Waals surface area contributed by atoms with E-state index in [2.05, 4.69) is 21.0 Å². The molecule has 2 fully saturated rings. The fourth-order valence-corrected chi connectivity index (χ4v) is 4.95. The molecule has 5 rings (SSSR count). The maximum absolute atomic E-state index is 13.3. The van der Waals surface area contributed by atoms with E-state index in [1.165, 1.54) is 0 Å². The second kappa shape index (κ2) is 9.91. The summed E-state index contributed by atoms with van der Waals surface area (Å²) in [6, 6.07) is 7.32. The van der Waals surface area contributed by atoms with Gasteiger partial charge in [-0.25, -0.2) is 4.68 Å². The molecule has 1 unspecified atom stereocenters. The average Bonchev–Trinajstić information content (AvgIpc) is 3.56. The maximum atomic E-state index is 13.3. The average molecular weight is 492 g/mol. The van der Waals surface area contributed by atoms with Crippen LogP contribution in [0.2, 0.25) is 0 Å². The van der Waals surface area contributed by atoms with Crippen LogP contribution >= 0.6 is 0 Å². The number of aromatic nitrogens is 3. The fourth-order valence-electron chi connectivity index (χ4n) is 4.95. The molecule has 0 radical (unpaired) electrons. The summed E-state index contributed by atoms with van der Waals surface area (Å²) in [4.78, 5) is 13.3. The van der Waals surface area contributed by atoms with Crippen LogP contribution in [0, 0.1) is 0 Å². The lowest BCUT2D eigenvalue weighted by molar-refractivity contribution is -0.910. The summed E-state index contributed by atoms with van der Waals surface area (Å²) < 4.78 is 2.73. The molecule has 36 heavy (non-hydrogen) atoms. The molecule has 0 saturated heterocycles. The maximum Gasteiger partial charge on any atom is 0.325 e. The standard InChI is InChI=1S/C27H34N6O3/c1-27(35)11-9-20(10-12-27)29-17-19-15-22(25(16-21(19)28-2)32-14-4-13-30-32)31-26(34)24-6-3-5-23(33(24)36)18-7-8-18/h3-6,13-18,20-21,28,34-36H,7-12H2,1-2H3/p+1/t20-,21?,27-. The Morgan fingerprint density at radius 1 is 1.22 bits per heavy atom. The summed E-state index contributed by atoms with van der Waals surface area (Å²) in [6.07, 6.45) is 14.9. The molecule has 5 N–H and O–H groups in total. The predicted octanol–water partition coefficient (Wildman–Crippen LogP) is 2.21. The Labute approximate surface area is 211 Å². The Balaban J connectivity index is 1.41. The van der Waals surface area contributed by atoms with Crippen LogP contribution in [0.4, 0.5) is 0 Å². The lowest BCUT2D eigenvalue weighted by atomic mass is 9.83. The zero-order valence-electron chi connectivity index (χ0n) is 20.8. The Kier molecular flexibility index (Phi) is 6.68. The molecule has 3 aliphatic rings. The Bertz CT molecular complexity index is 1200. The van der Waals surface area contributed by atoms with Crippen LogP contribution in [0.25, 0.3) is 5.70 Å². The lowest BCUT2D eigenvalue weighted by Gasteiger charge is -2.33. The van der Waals surface area contributed by atoms with Gasteiger partial charge in [-0.3, -0.25) is 10.0 Å². The van der Waals surface area contributed by atoms with Crippen molar-refractivity contribution in [3.63, 3.8) is 0 Å². The third-order valence-corrected chi connectivity index (χ3v) is 7.35. The van der Waals surface area contributed by atoms with Crippen LogP contribution in [0.15, 0.2) is 66.3 Å². The van der Waals surface area contributed by atoms with Crippen LogP contribution in [-0.4, -0.2) is 50.7 Å². The van der Waals surface area contributed by atoms with Crippen molar-refractivity contribution in [1.82, 2.24) is 25.7 Å². The molecular weight excluding hydrogens is 456 g/mol. The van der Waals surface area contributed by atoms with Gasteiger partial charge in [-0.15, -0.1) is 0 Å². The molecule has 2 aromatic rings. The molecule has 1 amide bonds. The topological polar surface area (TPSA) is 115 Å². The van der Waals surface area contributed by atoms with Crippen molar-refractivity contribution in [3.8, 4) is 0 Å². The number of pyridine rings is 1. The minimum atomic E-state index is -0.581. The molecule has 190 valence electrons. The summed E-state index contributed by atoms with van der Waals surface area (Å²) in [5, 5.41) is 35.2. The van der Waals surface area contributed by atoms with E-state index in [0.29, 0.717) is 11.6 Å². The predicted molar refractivity (Wildman–Crippen MR) is 135 cm³/mol. The highest BCUT2D eigenvalue weighted by Crippen LogP contribution is 2.38. The minimum absolute atomic E-state index is 0.0926. The molecule has 2 heterocycles. The highest BCUT2D eigenvalue weighted by molar-refractivity contribution is 5.94. The Hall–Kier alpha value is -3.43. The molecule has 9 nitrogen and oxygen atoms in total. The third-order valence-electron chi connectivity index (χ3n) is 7.35. The molecule has 0 aromatic carbocycles. The van der Waals surface area contributed by atoms with Gasteiger partial charge in [-0.2, -0.15) is 5.10 Å². The van der Waals surface area contributed by atoms with Gasteiger partial charge in [0.2, 0.25) is 5.69 Å². The number of hydrogen-bond donors (Lipinski definition) is 5. The number of allylic oxidation sites excluding steroid dienone is 1. The summed E-state index contributed by atoms with van der Waals surface area (Å²) in [5.41, 5.74) is 2.66. The van der Waals surface area contributed by atoms with Gasteiger partial charge in [-0.1, -0.05) is 0 Å². The van der Waals surface area contributed by atoms with E-state index in [-0.39, 0.29) is 17.8 Å². The number of carbonyl (C=O) groups excluding carboxylic acids is 1. The molecule has 2 saturated carbocycles. The van der Waals surface area contributed by atoms with Crippen molar-refractivity contribution >= 4 is 11.6 Å². The van der Waals surface area contributed by atoms with Gasteiger partial charge < -0.3 is 21.1 Å². The SMILES string of the molecule is CNC1C=C(n2cccn2)C(NC(=O)c2cccc(C3CC3)[n+]2O)=C/C1=C/N[C@H]1CC[C@](C)(O)CC1. The van der Waals surface area contributed by atoms with Gasteiger partial charge in [0.25, 0.3) is 0 Å². The number of rotatable bonds is 7. The van der Waals surface area contributed by atoms with Gasteiger partial charge in [0.05, 0.1) is 23.0 Å². The Morgan fingerprint density at radius 2 is 2.00 bits per heavy atom. The molecule has 3 aliphatic carbocycles. The van der Waals surface area contributed by atoms with Gasteiger partial charge in [0.1, 0.15) is 0 Å². The highest BCUT2D eigenvalue weighted by atomic mass is 16.5. The van der Waals surface area contributed by atoms with E-state index in [1.807, 2.05) is 56.7 Å². The first-order valence-electron chi connectivity index (χ1n) is 12.7. The van der Waals surface area contributed by atoms with Crippen LogP contribution < -0.4 is 20.7 Å². The molecule has 1 atom stereocenters. The number of nitrogens with one attached hydrogen (secondary N) is 3. The normalized spacial score (nSPS) is 27.4. The zero-order chi connectivity index (χ0) is 25.3. The van der Waals surface area contributed by atoms with Crippen LogP contribution in [0.5, 0.6) is 0 Å². The van der Waals surface area contributed by atoms with Gasteiger partial charge in [0, 0.05) is 47.4 Å². The molecular formula is C27H35N6O3+. The van der Waals surface area contributed by atoms with Crippen molar-refractivity contribution in [1.29, 1.82) is 0 Å². The highest BCUT2D eigenvalue weighted by Gasteiger charge is 2.36. The quantitative estimate of drug-likeness (QED) is 0.300. The Morgan fingerprint density at radius 3 is 2.67 bits per heavy atom.